The van der Waals surface area contributed by atoms with E-state index in [-0.39, 0.29) is 19.5 Å². The van der Waals surface area contributed by atoms with E-state index >= 15 is 0 Å². The van der Waals surface area contributed by atoms with Crippen LogP contribution in [0.5, 0.6) is 0 Å². The van der Waals surface area contributed by atoms with Gasteiger partial charge in [0.2, 0.25) is 10.0 Å². The van der Waals surface area contributed by atoms with Crippen LogP contribution in [-0.4, -0.2) is 48.9 Å². The number of alkyl halides is 3. The number of halogens is 3. The maximum atomic E-state index is 12.8. The highest BCUT2D eigenvalue weighted by atomic mass is 32.2. The predicted octanol–water partition coefficient (Wildman–Crippen LogP) is 1.93. The van der Waals surface area contributed by atoms with E-state index in [1.807, 2.05) is 0 Å². The molecule has 1 saturated heterocycles. The maximum Gasteiger partial charge on any atom is 0.416 e. The molecule has 0 bridgehead atoms. The third kappa shape index (κ3) is 4.16. The largest absolute Gasteiger partial charge is 0.416 e. The molecule has 3 rings (SSSR count). The van der Waals surface area contributed by atoms with Crippen LogP contribution in [-0.2, 0) is 33.9 Å². The monoisotopic (exact) mass is 379 g/mol. The standard InChI is InChI=1S/C16H20F3NO4S/c17-16(18,19)13-4-3-12-9-20(6-5-11(12)8-13)25(22,23)10-14(21)15-2-1-7-24-15/h3-4,8,14-15,21H,1-2,5-7,9-10H2/t14?,15-/m1/s1. The van der Waals surface area contributed by atoms with E-state index in [0.717, 1.165) is 18.6 Å². The third-order valence-corrected chi connectivity index (χ3v) is 6.54. The van der Waals surface area contributed by atoms with Crippen LogP contribution >= 0.6 is 0 Å². The molecule has 0 aliphatic carbocycles. The van der Waals surface area contributed by atoms with Gasteiger partial charge in [0.25, 0.3) is 0 Å². The molecule has 0 radical (unpaired) electrons. The summed E-state index contributed by atoms with van der Waals surface area (Å²) in [7, 11) is -3.72. The molecule has 0 saturated carbocycles. The molecule has 2 heterocycles. The second kappa shape index (κ2) is 6.86. The van der Waals surface area contributed by atoms with Crippen LogP contribution in [0.25, 0.3) is 0 Å². The van der Waals surface area contributed by atoms with Crippen LogP contribution in [0.3, 0.4) is 0 Å². The first kappa shape index (κ1) is 18.6. The lowest BCUT2D eigenvalue weighted by Crippen LogP contribution is -2.42. The number of rotatable bonds is 4. The van der Waals surface area contributed by atoms with Crippen LogP contribution in [0.1, 0.15) is 29.5 Å². The molecule has 9 heteroatoms. The molecule has 25 heavy (non-hydrogen) atoms. The van der Waals surface area contributed by atoms with Gasteiger partial charge in [-0.3, -0.25) is 0 Å². The summed E-state index contributed by atoms with van der Waals surface area (Å²) in [6.45, 7) is 0.642. The summed E-state index contributed by atoms with van der Waals surface area (Å²) in [5.41, 5.74) is 0.353. The van der Waals surface area contributed by atoms with Gasteiger partial charge in [0.1, 0.15) is 0 Å². The topological polar surface area (TPSA) is 66.8 Å². The van der Waals surface area contributed by atoms with Gasteiger partial charge in [-0.05, 0) is 42.5 Å². The van der Waals surface area contributed by atoms with E-state index < -0.39 is 39.7 Å². The first-order valence-electron chi connectivity index (χ1n) is 8.13. The van der Waals surface area contributed by atoms with E-state index in [0.29, 0.717) is 24.2 Å². The van der Waals surface area contributed by atoms with Crippen LogP contribution in [0.15, 0.2) is 18.2 Å². The van der Waals surface area contributed by atoms with Crippen molar-refractivity contribution in [3.05, 3.63) is 34.9 Å². The van der Waals surface area contributed by atoms with Crippen molar-refractivity contribution in [3.63, 3.8) is 0 Å². The molecule has 0 spiro atoms. The highest BCUT2D eigenvalue weighted by molar-refractivity contribution is 7.89. The average molecular weight is 379 g/mol. The van der Waals surface area contributed by atoms with Gasteiger partial charge in [-0.1, -0.05) is 6.07 Å². The molecular formula is C16H20F3NO4S. The van der Waals surface area contributed by atoms with E-state index in [9.17, 15) is 26.7 Å². The Morgan fingerprint density at radius 3 is 2.72 bits per heavy atom. The Morgan fingerprint density at radius 2 is 2.08 bits per heavy atom. The zero-order valence-electron chi connectivity index (χ0n) is 13.5. The summed E-state index contributed by atoms with van der Waals surface area (Å²) in [4.78, 5) is 0. The number of aliphatic hydroxyl groups excluding tert-OH is 1. The number of nitrogens with zero attached hydrogens (tertiary/aromatic N) is 1. The van der Waals surface area contributed by atoms with E-state index in [4.69, 9.17) is 4.74 Å². The van der Waals surface area contributed by atoms with Crippen LogP contribution in [0.4, 0.5) is 13.2 Å². The van der Waals surface area contributed by atoms with Gasteiger partial charge < -0.3 is 9.84 Å². The number of benzene rings is 1. The highest BCUT2D eigenvalue weighted by Gasteiger charge is 2.35. The van der Waals surface area contributed by atoms with Crippen molar-refractivity contribution >= 4 is 10.0 Å². The number of fused-ring (bicyclic) bond motifs is 1. The number of aliphatic hydroxyl groups is 1. The van der Waals surface area contributed by atoms with Crippen LogP contribution in [0.2, 0.25) is 0 Å². The summed E-state index contributed by atoms with van der Waals surface area (Å²) < 4.78 is 69.9. The Hall–Kier alpha value is -1.16. The lowest BCUT2D eigenvalue weighted by molar-refractivity contribution is -0.137. The molecule has 2 aliphatic rings. The molecule has 2 atom stereocenters. The van der Waals surface area contributed by atoms with Gasteiger partial charge in [-0.25, -0.2) is 8.42 Å². The SMILES string of the molecule is O=S(=O)(CC(O)[C@H]1CCCO1)N1CCc2cc(C(F)(F)F)ccc2C1. The van der Waals surface area contributed by atoms with Crippen molar-refractivity contribution in [2.24, 2.45) is 0 Å². The molecule has 0 amide bonds. The Kier molecular flexibility index (Phi) is 5.11. The number of hydrogen-bond donors (Lipinski definition) is 1. The summed E-state index contributed by atoms with van der Waals surface area (Å²) >= 11 is 0. The van der Waals surface area contributed by atoms with Crippen molar-refractivity contribution < 1.29 is 31.4 Å². The van der Waals surface area contributed by atoms with Crippen molar-refractivity contribution in [3.8, 4) is 0 Å². The molecule has 140 valence electrons. The van der Waals surface area contributed by atoms with Gasteiger partial charge in [0.05, 0.1) is 23.5 Å². The summed E-state index contributed by atoms with van der Waals surface area (Å²) in [5.74, 6) is -0.437. The van der Waals surface area contributed by atoms with Gasteiger partial charge in [-0.15, -0.1) is 0 Å². The first-order valence-corrected chi connectivity index (χ1v) is 9.74. The number of hydrogen-bond acceptors (Lipinski definition) is 4. The third-order valence-electron chi connectivity index (χ3n) is 4.68. The van der Waals surface area contributed by atoms with Gasteiger partial charge >= 0.3 is 6.18 Å². The van der Waals surface area contributed by atoms with Crippen LogP contribution < -0.4 is 0 Å². The smallest absolute Gasteiger partial charge is 0.389 e. The Labute approximate surface area is 144 Å². The van der Waals surface area contributed by atoms with Crippen molar-refractivity contribution in [1.29, 1.82) is 0 Å². The maximum absolute atomic E-state index is 12.8. The highest BCUT2D eigenvalue weighted by Crippen LogP contribution is 2.32. The zero-order chi connectivity index (χ0) is 18.2. The molecule has 1 N–H and O–H groups in total. The summed E-state index contributed by atoms with van der Waals surface area (Å²) in [6, 6.07) is 3.38. The van der Waals surface area contributed by atoms with Crippen molar-refractivity contribution in [1.82, 2.24) is 4.31 Å². The Bertz CT molecular complexity index is 729. The fraction of sp³-hybridized carbons (Fsp3) is 0.625. The van der Waals surface area contributed by atoms with Gasteiger partial charge in [0, 0.05) is 19.7 Å². The fourth-order valence-electron chi connectivity index (χ4n) is 3.28. The molecule has 5 nitrogen and oxygen atoms in total. The Morgan fingerprint density at radius 1 is 1.32 bits per heavy atom. The second-order valence-electron chi connectivity index (χ2n) is 6.46. The average Bonchev–Trinajstić information content (AvgIpc) is 3.07. The van der Waals surface area contributed by atoms with E-state index in [1.165, 1.54) is 10.4 Å². The number of sulfonamides is 1. The molecular weight excluding hydrogens is 359 g/mol. The minimum atomic E-state index is -4.41. The minimum Gasteiger partial charge on any atom is -0.389 e. The lowest BCUT2D eigenvalue weighted by atomic mass is 9.98. The van der Waals surface area contributed by atoms with Crippen LogP contribution in [0, 0.1) is 0 Å². The Balaban J connectivity index is 1.71. The molecule has 1 aromatic carbocycles. The quantitative estimate of drug-likeness (QED) is 0.868. The molecule has 1 fully saturated rings. The second-order valence-corrected chi connectivity index (χ2v) is 8.48. The fourth-order valence-corrected chi connectivity index (χ4v) is 4.84. The van der Waals surface area contributed by atoms with Crippen molar-refractivity contribution in [2.75, 3.05) is 18.9 Å². The van der Waals surface area contributed by atoms with Crippen molar-refractivity contribution in [2.45, 2.75) is 44.2 Å². The lowest BCUT2D eigenvalue weighted by Gasteiger charge is -2.30. The minimum absolute atomic E-state index is 0.0219. The van der Waals surface area contributed by atoms with Gasteiger partial charge in [0.15, 0.2) is 0 Å². The first-order chi connectivity index (χ1) is 11.7. The molecule has 1 unspecified atom stereocenters. The van der Waals surface area contributed by atoms with Gasteiger partial charge in [-0.2, -0.15) is 17.5 Å². The molecule has 2 aliphatic heterocycles. The molecule has 0 aromatic heterocycles. The number of ether oxygens (including phenoxy) is 1. The summed E-state index contributed by atoms with van der Waals surface area (Å²) in [5, 5.41) is 10.1. The molecule has 1 aromatic rings. The predicted molar refractivity (Wildman–Crippen MR) is 84.3 cm³/mol. The summed E-state index contributed by atoms with van der Waals surface area (Å²) in [6.07, 6.45) is -4.35. The normalized spacial score (nSPS) is 23.4. The van der Waals surface area contributed by atoms with E-state index in [2.05, 4.69) is 0 Å². The van der Waals surface area contributed by atoms with E-state index in [1.54, 1.807) is 0 Å². The zero-order valence-corrected chi connectivity index (χ0v) is 14.3.